The molecule has 1 saturated heterocycles. The highest BCUT2D eigenvalue weighted by Crippen LogP contribution is 2.36. The average molecular weight is 268 g/mol. The second kappa shape index (κ2) is 5.12. The second-order valence-electron chi connectivity index (χ2n) is 6.67. The zero-order chi connectivity index (χ0) is 14.1. The number of piperidine rings is 1. The third-order valence-electron chi connectivity index (χ3n) is 4.58. The molecule has 0 bridgehead atoms. The number of carbonyl (C=O) groups is 2. The highest BCUT2D eigenvalue weighted by Gasteiger charge is 2.44. The van der Waals surface area contributed by atoms with Gasteiger partial charge in [-0.1, -0.05) is 13.8 Å². The van der Waals surface area contributed by atoms with Crippen LogP contribution in [-0.4, -0.2) is 35.1 Å². The number of carboxylic acids is 1. The van der Waals surface area contributed by atoms with Gasteiger partial charge < -0.3 is 15.7 Å². The Morgan fingerprint density at radius 3 is 2.42 bits per heavy atom. The van der Waals surface area contributed by atoms with Crippen LogP contribution in [0.15, 0.2) is 0 Å². The number of hydrogen-bond donors (Lipinski definition) is 3. The molecule has 0 aromatic carbocycles. The molecule has 2 fully saturated rings. The molecule has 0 spiro atoms. The van der Waals surface area contributed by atoms with Crippen molar-refractivity contribution in [3.8, 4) is 0 Å². The maximum absolute atomic E-state index is 12.4. The van der Waals surface area contributed by atoms with E-state index < -0.39 is 11.5 Å². The van der Waals surface area contributed by atoms with Gasteiger partial charge in [-0.3, -0.25) is 9.59 Å². The van der Waals surface area contributed by atoms with E-state index in [1.54, 1.807) is 0 Å². The third-order valence-corrected chi connectivity index (χ3v) is 4.58. The lowest BCUT2D eigenvalue weighted by Gasteiger charge is -2.45. The summed E-state index contributed by atoms with van der Waals surface area (Å²) in [5.74, 6) is -0.874. The molecule has 1 aliphatic heterocycles. The van der Waals surface area contributed by atoms with E-state index in [0.29, 0.717) is 0 Å². The van der Waals surface area contributed by atoms with Crippen molar-refractivity contribution in [3.63, 3.8) is 0 Å². The Labute approximate surface area is 114 Å². The second-order valence-corrected chi connectivity index (χ2v) is 6.67. The van der Waals surface area contributed by atoms with Gasteiger partial charge in [0.2, 0.25) is 5.91 Å². The van der Waals surface area contributed by atoms with Crippen molar-refractivity contribution in [2.75, 3.05) is 6.54 Å². The van der Waals surface area contributed by atoms with Gasteiger partial charge in [-0.15, -0.1) is 0 Å². The number of hydrogen-bond acceptors (Lipinski definition) is 3. The van der Waals surface area contributed by atoms with E-state index >= 15 is 0 Å². The maximum Gasteiger partial charge on any atom is 0.305 e. The lowest BCUT2D eigenvalue weighted by molar-refractivity contribution is -0.141. The Kier molecular flexibility index (Phi) is 3.85. The Hall–Kier alpha value is -1.10. The van der Waals surface area contributed by atoms with E-state index in [2.05, 4.69) is 24.5 Å². The van der Waals surface area contributed by atoms with Crippen LogP contribution in [0.4, 0.5) is 0 Å². The molecule has 1 heterocycles. The molecule has 1 amide bonds. The van der Waals surface area contributed by atoms with E-state index in [9.17, 15) is 9.59 Å². The van der Waals surface area contributed by atoms with Crippen molar-refractivity contribution in [1.82, 2.24) is 10.6 Å². The van der Waals surface area contributed by atoms with Gasteiger partial charge in [0.15, 0.2) is 0 Å². The molecular weight excluding hydrogens is 244 g/mol. The molecule has 3 N–H and O–H groups in total. The maximum atomic E-state index is 12.4. The topological polar surface area (TPSA) is 78.4 Å². The van der Waals surface area contributed by atoms with Crippen LogP contribution >= 0.6 is 0 Å². The average Bonchev–Trinajstić information content (AvgIpc) is 2.24. The zero-order valence-electron chi connectivity index (χ0n) is 11.8. The summed E-state index contributed by atoms with van der Waals surface area (Å²) in [6.45, 7) is 5.04. The summed E-state index contributed by atoms with van der Waals surface area (Å²) in [7, 11) is 0. The first kappa shape index (κ1) is 14.3. The summed E-state index contributed by atoms with van der Waals surface area (Å²) in [5.41, 5.74) is -0.575. The molecule has 0 aromatic rings. The summed E-state index contributed by atoms with van der Waals surface area (Å²) in [4.78, 5) is 23.4. The number of rotatable bonds is 4. The van der Waals surface area contributed by atoms with Gasteiger partial charge in [0.25, 0.3) is 0 Å². The molecule has 2 rings (SSSR count). The number of carboxylic acid groups (broad SMARTS) is 1. The van der Waals surface area contributed by atoms with Crippen molar-refractivity contribution in [2.45, 2.75) is 64.0 Å². The zero-order valence-corrected chi connectivity index (χ0v) is 11.8. The molecule has 1 atom stereocenters. The first-order valence-corrected chi connectivity index (χ1v) is 7.12. The monoisotopic (exact) mass is 268 g/mol. The SMILES string of the molecule is CC1(C)CCCNC1C(=O)NC1(CC(=O)O)CCC1. The van der Waals surface area contributed by atoms with Crippen molar-refractivity contribution < 1.29 is 14.7 Å². The number of amides is 1. The summed E-state index contributed by atoms with van der Waals surface area (Å²) >= 11 is 0. The summed E-state index contributed by atoms with van der Waals surface area (Å²) in [6, 6.07) is -0.215. The van der Waals surface area contributed by atoms with Crippen LogP contribution in [-0.2, 0) is 9.59 Å². The number of carbonyl (C=O) groups excluding carboxylic acids is 1. The highest BCUT2D eigenvalue weighted by molar-refractivity contribution is 5.84. The molecule has 1 aliphatic carbocycles. The highest BCUT2D eigenvalue weighted by atomic mass is 16.4. The molecule has 0 aromatic heterocycles. The Balaban J connectivity index is 2.01. The lowest BCUT2D eigenvalue weighted by atomic mass is 9.72. The Bertz CT molecular complexity index is 375. The van der Waals surface area contributed by atoms with Crippen LogP contribution in [0.2, 0.25) is 0 Å². The first-order chi connectivity index (χ1) is 8.85. The van der Waals surface area contributed by atoms with Gasteiger partial charge in [-0.25, -0.2) is 0 Å². The van der Waals surface area contributed by atoms with E-state index in [-0.39, 0.29) is 23.8 Å². The quantitative estimate of drug-likeness (QED) is 0.717. The largest absolute Gasteiger partial charge is 0.481 e. The molecule has 108 valence electrons. The molecule has 1 saturated carbocycles. The van der Waals surface area contributed by atoms with E-state index in [4.69, 9.17) is 5.11 Å². The van der Waals surface area contributed by atoms with E-state index in [0.717, 1.165) is 38.6 Å². The summed E-state index contributed by atoms with van der Waals surface area (Å²) < 4.78 is 0. The van der Waals surface area contributed by atoms with Crippen LogP contribution in [0.25, 0.3) is 0 Å². The predicted molar refractivity (Wildman–Crippen MR) is 71.8 cm³/mol. The normalized spacial score (nSPS) is 28.2. The minimum atomic E-state index is -0.837. The van der Waals surface area contributed by atoms with Crippen molar-refractivity contribution in [3.05, 3.63) is 0 Å². The molecule has 5 nitrogen and oxygen atoms in total. The summed E-state index contributed by atoms with van der Waals surface area (Å²) in [6.07, 6.45) is 4.68. The van der Waals surface area contributed by atoms with Crippen molar-refractivity contribution in [2.24, 2.45) is 5.41 Å². The predicted octanol–water partition coefficient (Wildman–Crippen LogP) is 1.28. The fraction of sp³-hybridized carbons (Fsp3) is 0.857. The Morgan fingerprint density at radius 1 is 1.26 bits per heavy atom. The van der Waals surface area contributed by atoms with Gasteiger partial charge >= 0.3 is 5.97 Å². The molecular formula is C14H24N2O3. The number of aliphatic carboxylic acids is 1. The van der Waals surface area contributed by atoms with Gasteiger partial charge in [-0.2, -0.15) is 0 Å². The minimum absolute atomic E-state index is 0.0336. The van der Waals surface area contributed by atoms with Gasteiger partial charge in [0.05, 0.1) is 18.0 Å². The van der Waals surface area contributed by atoms with Crippen molar-refractivity contribution >= 4 is 11.9 Å². The first-order valence-electron chi connectivity index (χ1n) is 7.12. The third kappa shape index (κ3) is 3.08. The van der Waals surface area contributed by atoms with Crippen molar-refractivity contribution in [1.29, 1.82) is 0 Å². The molecule has 2 aliphatic rings. The van der Waals surface area contributed by atoms with Crippen LogP contribution in [0, 0.1) is 5.41 Å². The van der Waals surface area contributed by atoms with Crippen LogP contribution in [0.1, 0.15) is 52.4 Å². The van der Waals surface area contributed by atoms with Gasteiger partial charge in [-0.05, 0) is 44.1 Å². The van der Waals surface area contributed by atoms with E-state index in [1.807, 2.05) is 0 Å². The summed E-state index contributed by atoms with van der Waals surface area (Å²) in [5, 5.41) is 15.3. The van der Waals surface area contributed by atoms with Gasteiger partial charge in [0, 0.05) is 0 Å². The molecule has 0 radical (unpaired) electrons. The van der Waals surface area contributed by atoms with Gasteiger partial charge in [0.1, 0.15) is 0 Å². The molecule has 5 heteroatoms. The van der Waals surface area contributed by atoms with Crippen LogP contribution in [0.3, 0.4) is 0 Å². The molecule has 1 unspecified atom stereocenters. The van der Waals surface area contributed by atoms with E-state index in [1.165, 1.54) is 0 Å². The lowest BCUT2D eigenvalue weighted by Crippen LogP contribution is -2.62. The number of nitrogens with one attached hydrogen (secondary N) is 2. The minimum Gasteiger partial charge on any atom is -0.481 e. The Morgan fingerprint density at radius 2 is 1.95 bits per heavy atom. The fourth-order valence-electron chi connectivity index (χ4n) is 3.23. The smallest absolute Gasteiger partial charge is 0.305 e. The van der Waals surface area contributed by atoms with Crippen LogP contribution < -0.4 is 10.6 Å². The fourth-order valence-corrected chi connectivity index (χ4v) is 3.23. The van der Waals surface area contributed by atoms with Crippen LogP contribution in [0.5, 0.6) is 0 Å². The standard InChI is InChI=1S/C14H24N2O3/c1-13(2)5-4-8-15-11(13)12(19)16-14(6-3-7-14)9-10(17)18/h11,15H,3-9H2,1-2H3,(H,16,19)(H,17,18). The molecule has 19 heavy (non-hydrogen) atoms.